The summed E-state index contributed by atoms with van der Waals surface area (Å²) in [6.07, 6.45) is 6.13. The number of hydrogen-bond acceptors (Lipinski definition) is 3. The highest BCUT2D eigenvalue weighted by Crippen LogP contribution is 2.26. The first kappa shape index (κ1) is 13.2. The summed E-state index contributed by atoms with van der Waals surface area (Å²) in [7, 11) is 0. The second-order valence-corrected chi connectivity index (χ2v) is 4.80. The molecule has 0 saturated heterocycles. The van der Waals surface area contributed by atoms with Crippen LogP contribution in [0.1, 0.15) is 6.42 Å². The average Bonchev–Trinajstić information content (AvgIpc) is 3.09. The Morgan fingerprint density at radius 2 is 2.00 bits per heavy atom. The van der Waals surface area contributed by atoms with Gasteiger partial charge in [0, 0.05) is 31.0 Å². The maximum Gasteiger partial charge on any atom is 0.328 e. The summed E-state index contributed by atoms with van der Waals surface area (Å²) in [4.78, 5) is 18.4. The standard InChI is InChI=1S/C15H16N4O2/c20-14-13(12-5-2-1-3-6-12)19(15(21)17-14)9-4-8-18-10-7-16-11-18/h1-3,5-7,10-11,20H,4,8-9H2,(H,17,21). The van der Waals surface area contributed by atoms with Crippen LogP contribution in [0.2, 0.25) is 0 Å². The molecule has 3 aromatic rings. The topological polar surface area (TPSA) is 75.8 Å². The van der Waals surface area contributed by atoms with Crippen molar-refractivity contribution in [2.24, 2.45) is 0 Å². The van der Waals surface area contributed by atoms with Gasteiger partial charge in [0.05, 0.1) is 6.33 Å². The molecule has 0 fully saturated rings. The van der Waals surface area contributed by atoms with Gasteiger partial charge in [0.1, 0.15) is 5.69 Å². The molecule has 6 nitrogen and oxygen atoms in total. The molecular weight excluding hydrogens is 268 g/mol. The molecule has 3 rings (SSSR count). The van der Waals surface area contributed by atoms with Crippen LogP contribution in [-0.2, 0) is 13.1 Å². The molecule has 0 aliphatic rings. The number of benzene rings is 1. The third-order valence-corrected chi connectivity index (χ3v) is 3.37. The third kappa shape index (κ3) is 2.74. The van der Waals surface area contributed by atoms with Crippen LogP contribution in [0, 0.1) is 0 Å². The Kier molecular flexibility index (Phi) is 3.59. The molecule has 2 heterocycles. The lowest BCUT2D eigenvalue weighted by Gasteiger charge is -2.08. The first-order chi connectivity index (χ1) is 10.3. The van der Waals surface area contributed by atoms with Crippen molar-refractivity contribution in [2.45, 2.75) is 19.5 Å². The number of nitrogens with zero attached hydrogens (tertiary/aromatic N) is 3. The molecule has 6 heteroatoms. The minimum Gasteiger partial charge on any atom is -0.493 e. The predicted molar refractivity (Wildman–Crippen MR) is 79.0 cm³/mol. The number of rotatable bonds is 5. The first-order valence-electron chi connectivity index (χ1n) is 6.78. The molecule has 0 saturated carbocycles. The zero-order valence-corrected chi connectivity index (χ0v) is 11.4. The molecular formula is C15H16N4O2. The SMILES string of the molecule is O=c1[nH]c(O)c(-c2ccccc2)n1CCCn1ccnc1. The molecule has 0 spiro atoms. The summed E-state index contributed by atoms with van der Waals surface area (Å²) < 4.78 is 3.53. The van der Waals surface area contributed by atoms with Gasteiger partial charge in [0.2, 0.25) is 5.88 Å². The third-order valence-electron chi connectivity index (χ3n) is 3.37. The van der Waals surface area contributed by atoms with E-state index >= 15 is 0 Å². The summed E-state index contributed by atoms with van der Waals surface area (Å²) >= 11 is 0. The van der Waals surface area contributed by atoms with Crippen LogP contribution in [0.3, 0.4) is 0 Å². The van der Waals surface area contributed by atoms with E-state index in [1.807, 2.05) is 41.1 Å². The van der Waals surface area contributed by atoms with E-state index in [1.165, 1.54) is 0 Å². The highest BCUT2D eigenvalue weighted by Gasteiger charge is 2.14. The molecule has 108 valence electrons. The number of nitrogens with one attached hydrogen (secondary N) is 1. The van der Waals surface area contributed by atoms with Gasteiger partial charge < -0.3 is 9.67 Å². The summed E-state index contributed by atoms with van der Waals surface area (Å²) in [5, 5.41) is 9.96. The van der Waals surface area contributed by atoms with Gasteiger partial charge in [-0.2, -0.15) is 0 Å². The normalized spacial score (nSPS) is 10.9. The number of aromatic amines is 1. The lowest BCUT2D eigenvalue weighted by Crippen LogP contribution is -2.18. The fourth-order valence-electron chi connectivity index (χ4n) is 2.39. The van der Waals surface area contributed by atoms with E-state index in [4.69, 9.17) is 0 Å². The van der Waals surface area contributed by atoms with Gasteiger partial charge in [-0.15, -0.1) is 0 Å². The van der Waals surface area contributed by atoms with Crippen molar-refractivity contribution in [1.82, 2.24) is 19.1 Å². The van der Waals surface area contributed by atoms with Gasteiger partial charge in [0.15, 0.2) is 0 Å². The van der Waals surface area contributed by atoms with Gasteiger partial charge in [-0.05, 0) is 6.42 Å². The van der Waals surface area contributed by atoms with E-state index in [0.717, 1.165) is 18.5 Å². The Hall–Kier alpha value is -2.76. The quantitative estimate of drug-likeness (QED) is 0.750. The zero-order chi connectivity index (χ0) is 14.7. The van der Waals surface area contributed by atoms with E-state index in [1.54, 1.807) is 17.1 Å². The molecule has 0 amide bonds. The smallest absolute Gasteiger partial charge is 0.328 e. The van der Waals surface area contributed by atoms with Crippen LogP contribution >= 0.6 is 0 Å². The average molecular weight is 284 g/mol. The molecule has 0 bridgehead atoms. The Bertz CT molecular complexity index is 757. The minimum atomic E-state index is -0.294. The number of aromatic nitrogens is 4. The van der Waals surface area contributed by atoms with E-state index in [9.17, 15) is 9.90 Å². The van der Waals surface area contributed by atoms with Crippen LogP contribution in [0.15, 0.2) is 53.8 Å². The molecule has 0 unspecified atom stereocenters. The van der Waals surface area contributed by atoms with Crippen molar-refractivity contribution in [2.75, 3.05) is 0 Å². The summed E-state index contributed by atoms with van der Waals surface area (Å²) in [6, 6.07) is 9.39. The van der Waals surface area contributed by atoms with Crippen molar-refractivity contribution in [3.8, 4) is 17.1 Å². The van der Waals surface area contributed by atoms with Crippen molar-refractivity contribution in [3.63, 3.8) is 0 Å². The molecule has 1 aromatic carbocycles. The molecule has 2 aromatic heterocycles. The van der Waals surface area contributed by atoms with Gasteiger partial charge in [-0.3, -0.25) is 9.55 Å². The Balaban J connectivity index is 1.83. The predicted octanol–water partition coefficient (Wildman–Crippen LogP) is 1.84. The van der Waals surface area contributed by atoms with Gasteiger partial charge >= 0.3 is 5.69 Å². The van der Waals surface area contributed by atoms with E-state index in [0.29, 0.717) is 12.2 Å². The fourth-order valence-corrected chi connectivity index (χ4v) is 2.39. The monoisotopic (exact) mass is 284 g/mol. The van der Waals surface area contributed by atoms with E-state index in [2.05, 4.69) is 9.97 Å². The van der Waals surface area contributed by atoms with Crippen LogP contribution in [-0.4, -0.2) is 24.2 Å². The summed E-state index contributed by atoms with van der Waals surface area (Å²) in [5.74, 6) is -0.0890. The van der Waals surface area contributed by atoms with E-state index < -0.39 is 0 Å². The fraction of sp³-hybridized carbons (Fsp3) is 0.200. The number of aryl methyl sites for hydroxylation is 1. The zero-order valence-electron chi connectivity index (χ0n) is 11.4. The second kappa shape index (κ2) is 5.70. The molecule has 2 N–H and O–H groups in total. The van der Waals surface area contributed by atoms with Crippen molar-refractivity contribution in [3.05, 3.63) is 59.5 Å². The Morgan fingerprint density at radius 3 is 2.71 bits per heavy atom. The van der Waals surface area contributed by atoms with Crippen LogP contribution < -0.4 is 5.69 Å². The largest absolute Gasteiger partial charge is 0.493 e. The minimum absolute atomic E-state index is 0.0890. The number of hydrogen-bond donors (Lipinski definition) is 2. The molecule has 0 atom stereocenters. The van der Waals surface area contributed by atoms with Crippen LogP contribution in [0.5, 0.6) is 5.88 Å². The van der Waals surface area contributed by atoms with Gasteiger partial charge in [-0.25, -0.2) is 9.78 Å². The van der Waals surface area contributed by atoms with E-state index in [-0.39, 0.29) is 11.6 Å². The summed E-state index contributed by atoms with van der Waals surface area (Å²) in [6.45, 7) is 1.30. The van der Waals surface area contributed by atoms with Crippen LogP contribution in [0.4, 0.5) is 0 Å². The van der Waals surface area contributed by atoms with Crippen LogP contribution in [0.25, 0.3) is 11.3 Å². The number of aromatic hydroxyl groups is 1. The molecule has 21 heavy (non-hydrogen) atoms. The number of H-pyrrole nitrogens is 1. The first-order valence-corrected chi connectivity index (χ1v) is 6.78. The lowest BCUT2D eigenvalue weighted by molar-refractivity contribution is 0.457. The highest BCUT2D eigenvalue weighted by molar-refractivity contribution is 5.64. The number of imidazole rings is 2. The Morgan fingerprint density at radius 1 is 1.19 bits per heavy atom. The second-order valence-electron chi connectivity index (χ2n) is 4.80. The maximum absolute atomic E-state index is 12.0. The van der Waals surface area contributed by atoms with Crippen molar-refractivity contribution >= 4 is 0 Å². The van der Waals surface area contributed by atoms with Gasteiger partial charge in [0.25, 0.3) is 0 Å². The molecule has 0 radical (unpaired) electrons. The van der Waals surface area contributed by atoms with Crippen molar-refractivity contribution < 1.29 is 5.11 Å². The maximum atomic E-state index is 12.0. The van der Waals surface area contributed by atoms with Crippen molar-refractivity contribution in [1.29, 1.82) is 0 Å². The molecule has 0 aliphatic carbocycles. The Labute approximate surface area is 121 Å². The lowest BCUT2D eigenvalue weighted by atomic mass is 10.1. The summed E-state index contributed by atoms with van der Waals surface area (Å²) in [5.41, 5.74) is 1.05. The molecule has 0 aliphatic heterocycles. The highest BCUT2D eigenvalue weighted by atomic mass is 16.3. The van der Waals surface area contributed by atoms with Gasteiger partial charge in [-0.1, -0.05) is 30.3 Å².